The summed E-state index contributed by atoms with van der Waals surface area (Å²) >= 11 is 12.0. The molecule has 0 unspecified atom stereocenters. The maximum Gasteiger partial charge on any atom is 0.411 e. The van der Waals surface area contributed by atoms with Crippen LogP contribution in [0.3, 0.4) is 0 Å². The Labute approximate surface area is 207 Å². The second-order valence-corrected chi connectivity index (χ2v) is 8.90. The second-order valence-electron chi connectivity index (χ2n) is 8.09. The van der Waals surface area contributed by atoms with E-state index < -0.39 is 6.09 Å². The fourth-order valence-electron chi connectivity index (χ4n) is 3.94. The van der Waals surface area contributed by atoms with E-state index in [0.29, 0.717) is 17.2 Å². The monoisotopic (exact) mass is 498 g/mol. The molecule has 0 atom stereocenters. The first-order chi connectivity index (χ1) is 16.4. The van der Waals surface area contributed by atoms with Gasteiger partial charge >= 0.3 is 6.09 Å². The number of halogens is 2. The van der Waals surface area contributed by atoms with Crippen LogP contribution >= 0.6 is 23.2 Å². The molecule has 7 nitrogen and oxygen atoms in total. The number of hydrogen-bond donors (Lipinski definition) is 2. The number of nitrogens with zero attached hydrogens (tertiary/aromatic N) is 2. The fraction of sp³-hybridized carbons (Fsp3) is 0.240. The van der Waals surface area contributed by atoms with Crippen LogP contribution in [0.1, 0.15) is 28.8 Å². The van der Waals surface area contributed by atoms with E-state index in [9.17, 15) is 9.59 Å². The third kappa shape index (κ3) is 5.61. The average molecular weight is 499 g/mol. The maximum absolute atomic E-state index is 13.1. The molecule has 1 aliphatic heterocycles. The maximum atomic E-state index is 13.1. The molecule has 1 saturated heterocycles. The summed E-state index contributed by atoms with van der Waals surface area (Å²) < 4.78 is 5.47. The zero-order valence-electron chi connectivity index (χ0n) is 18.3. The summed E-state index contributed by atoms with van der Waals surface area (Å²) in [6.07, 6.45) is 4.72. The molecular weight excluding hydrogens is 475 g/mol. The normalized spacial score (nSPS) is 14.0. The molecule has 1 fully saturated rings. The van der Waals surface area contributed by atoms with Gasteiger partial charge in [-0.1, -0.05) is 29.3 Å². The number of ether oxygens (including phenoxy) is 1. The number of aromatic nitrogens is 1. The number of nitrogens with one attached hydrogen (secondary N) is 1. The number of piperidine rings is 1. The Kier molecular flexibility index (Phi) is 7.55. The van der Waals surface area contributed by atoms with E-state index in [-0.39, 0.29) is 33.7 Å². The minimum atomic E-state index is -0.655. The van der Waals surface area contributed by atoms with Crippen molar-refractivity contribution < 1.29 is 14.3 Å². The van der Waals surface area contributed by atoms with Gasteiger partial charge in [0.1, 0.15) is 0 Å². The molecule has 0 bridgehead atoms. The largest absolute Gasteiger partial charge is 0.449 e. The van der Waals surface area contributed by atoms with Crippen molar-refractivity contribution in [2.75, 3.05) is 35.6 Å². The first-order valence-electron chi connectivity index (χ1n) is 10.9. The van der Waals surface area contributed by atoms with E-state index >= 15 is 0 Å². The highest BCUT2D eigenvalue weighted by Crippen LogP contribution is 2.29. The number of carbonyl (C=O) groups excluding carboxylic acids is 2. The van der Waals surface area contributed by atoms with Crippen LogP contribution in [0.2, 0.25) is 10.0 Å². The summed E-state index contributed by atoms with van der Waals surface area (Å²) in [7, 11) is 0. The molecular formula is C25H24Cl2N4O3. The molecule has 0 spiro atoms. The summed E-state index contributed by atoms with van der Waals surface area (Å²) in [5, 5.41) is 3.26. The molecule has 3 N–H and O–H groups in total. The summed E-state index contributed by atoms with van der Waals surface area (Å²) in [6, 6.07) is 13.4. The van der Waals surface area contributed by atoms with Crippen molar-refractivity contribution in [3.63, 3.8) is 0 Å². The lowest BCUT2D eigenvalue weighted by molar-refractivity contribution is 0.103. The number of benzene rings is 2. The molecule has 9 heteroatoms. The molecule has 1 aliphatic rings. The Bertz CT molecular complexity index is 1180. The van der Waals surface area contributed by atoms with Gasteiger partial charge in [-0.05, 0) is 61.2 Å². The molecule has 2 heterocycles. The number of nitrogens with two attached hydrogens (primary N) is 1. The number of anilines is 3. The van der Waals surface area contributed by atoms with Crippen molar-refractivity contribution in [2.45, 2.75) is 12.8 Å². The molecule has 34 heavy (non-hydrogen) atoms. The van der Waals surface area contributed by atoms with Gasteiger partial charge in [0.05, 0.1) is 28.0 Å². The second kappa shape index (κ2) is 10.8. The predicted octanol–water partition coefficient (Wildman–Crippen LogP) is 5.67. The van der Waals surface area contributed by atoms with Crippen LogP contribution in [-0.4, -0.2) is 36.6 Å². The quantitative estimate of drug-likeness (QED) is 0.335. The molecule has 176 valence electrons. The highest BCUT2D eigenvalue weighted by atomic mass is 35.5. The van der Waals surface area contributed by atoms with Gasteiger partial charge in [0.25, 0.3) is 0 Å². The smallest absolute Gasteiger partial charge is 0.411 e. The highest BCUT2D eigenvalue weighted by molar-refractivity contribution is 6.42. The van der Waals surface area contributed by atoms with Gasteiger partial charge in [0, 0.05) is 42.3 Å². The third-order valence-electron chi connectivity index (χ3n) is 5.84. The molecule has 1 aromatic heterocycles. The minimum absolute atomic E-state index is 0.205. The summed E-state index contributed by atoms with van der Waals surface area (Å²) in [4.78, 5) is 32.0. The Balaban J connectivity index is 1.36. The van der Waals surface area contributed by atoms with Gasteiger partial charge in [0.2, 0.25) is 0 Å². The number of para-hydroxylation sites is 1. The molecule has 0 aliphatic carbocycles. The highest BCUT2D eigenvalue weighted by Gasteiger charge is 2.22. The van der Waals surface area contributed by atoms with Crippen LogP contribution in [0.4, 0.5) is 21.9 Å². The number of ketones is 1. The Morgan fingerprint density at radius 2 is 1.79 bits per heavy atom. The van der Waals surface area contributed by atoms with Gasteiger partial charge in [-0.25, -0.2) is 4.79 Å². The van der Waals surface area contributed by atoms with Crippen LogP contribution in [0, 0.1) is 5.92 Å². The Morgan fingerprint density at radius 1 is 1.06 bits per heavy atom. The van der Waals surface area contributed by atoms with Crippen molar-refractivity contribution in [3.05, 3.63) is 82.1 Å². The zero-order valence-corrected chi connectivity index (χ0v) is 19.9. The fourth-order valence-corrected chi connectivity index (χ4v) is 4.23. The summed E-state index contributed by atoms with van der Waals surface area (Å²) in [5.74, 6) is -0.0843. The molecule has 2 aromatic carbocycles. The van der Waals surface area contributed by atoms with E-state index in [0.717, 1.165) is 31.6 Å². The molecule has 0 saturated carbocycles. The van der Waals surface area contributed by atoms with Gasteiger partial charge < -0.3 is 15.4 Å². The number of nitrogen functional groups attached to an aromatic ring is 1. The van der Waals surface area contributed by atoms with Crippen LogP contribution in [0.5, 0.6) is 0 Å². The van der Waals surface area contributed by atoms with Crippen molar-refractivity contribution in [1.82, 2.24) is 4.98 Å². The number of pyridine rings is 1. The summed E-state index contributed by atoms with van der Waals surface area (Å²) in [5.41, 5.74) is 8.24. The Morgan fingerprint density at radius 3 is 2.50 bits per heavy atom. The van der Waals surface area contributed by atoms with Gasteiger partial charge in [-0.3, -0.25) is 15.1 Å². The van der Waals surface area contributed by atoms with Gasteiger partial charge in [-0.2, -0.15) is 0 Å². The first kappa shape index (κ1) is 23.9. The van der Waals surface area contributed by atoms with Crippen LogP contribution in [0.25, 0.3) is 0 Å². The molecule has 0 radical (unpaired) electrons. The predicted molar refractivity (Wildman–Crippen MR) is 135 cm³/mol. The molecule has 3 aromatic rings. The third-order valence-corrected chi connectivity index (χ3v) is 6.58. The van der Waals surface area contributed by atoms with E-state index in [1.165, 1.54) is 6.07 Å². The van der Waals surface area contributed by atoms with Gasteiger partial charge in [-0.15, -0.1) is 0 Å². The summed E-state index contributed by atoms with van der Waals surface area (Å²) in [6.45, 7) is 2.06. The average Bonchev–Trinajstić information content (AvgIpc) is 2.86. The van der Waals surface area contributed by atoms with Crippen LogP contribution in [0.15, 0.2) is 60.9 Å². The lowest BCUT2D eigenvalue weighted by Crippen LogP contribution is -2.35. The zero-order chi connectivity index (χ0) is 24.1. The number of amides is 1. The van der Waals surface area contributed by atoms with Crippen LogP contribution in [-0.2, 0) is 4.74 Å². The SMILES string of the molecule is Nc1cccc(C(=O)c2ccc(Cl)c(Cl)c2)c1NC(=O)OCC1CCN(c2ccncc2)CC1. The number of carbonyl (C=O) groups is 2. The van der Waals surface area contributed by atoms with Crippen LogP contribution < -0.4 is 16.0 Å². The topological polar surface area (TPSA) is 97.5 Å². The van der Waals surface area contributed by atoms with Gasteiger partial charge in [0.15, 0.2) is 5.78 Å². The number of rotatable bonds is 6. The van der Waals surface area contributed by atoms with Crippen molar-refractivity contribution in [2.24, 2.45) is 5.92 Å². The van der Waals surface area contributed by atoms with E-state index in [4.69, 9.17) is 33.7 Å². The van der Waals surface area contributed by atoms with E-state index in [1.807, 2.05) is 12.1 Å². The van der Waals surface area contributed by atoms with E-state index in [2.05, 4.69) is 15.2 Å². The van der Waals surface area contributed by atoms with E-state index in [1.54, 1.807) is 42.7 Å². The standard InChI is InChI=1S/C25H24Cl2N4O3/c26-20-5-4-17(14-21(20)27)24(32)19-2-1-3-22(28)23(19)30-25(33)34-15-16-8-12-31(13-9-16)18-6-10-29-11-7-18/h1-7,10-11,14,16H,8-9,12-13,15,28H2,(H,30,33). The van der Waals surface area contributed by atoms with Crippen molar-refractivity contribution in [3.8, 4) is 0 Å². The Hall–Kier alpha value is -3.29. The molecule has 4 rings (SSSR count). The van der Waals surface area contributed by atoms with Crippen molar-refractivity contribution in [1.29, 1.82) is 0 Å². The first-order valence-corrected chi connectivity index (χ1v) is 11.6. The molecule has 1 amide bonds. The lowest BCUT2D eigenvalue weighted by Gasteiger charge is -2.33. The van der Waals surface area contributed by atoms with Crippen molar-refractivity contribution >= 4 is 52.1 Å². The lowest BCUT2D eigenvalue weighted by atomic mass is 9.97. The number of hydrogen-bond acceptors (Lipinski definition) is 6. The minimum Gasteiger partial charge on any atom is -0.449 e.